The molecule has 0 amide bonds. The molecule has 91 valence electrons. The van der Waals surface area contributed by atoms with E-state index in [4.69, 9.17) is 0 Å². The molecular formula is C17H17O. The van der Waals surface area contributed by atoms with Gasteiger partial charge in [0.2, 0.25) is 0 Å². The first-order chi connectivity index (χ1) is 8.52. The van der Waals surface area contributed by atoms with Gasteiger partial charge in [-0.3, -0.25) is 4.79 Å². The normalized spacial score (nSPS) is 10.4. The number of carbonyl (C=O) groups is 1. The van der Waals surface area contributed by atoms with Crippen LogP contribution in [-0.2, 0) is 0 Å². The van der Waals surface area contributed by atoms with Gasteiger partial charge in [-0.2, -0.15) is 0 Å². The van der Waals surface area contributed by atoms with Gasteiger partial charge in [0, 0.05) is 12.5 Å². The Morgan fingerprint density at radius 3 is 2.17 bits per heavy atom. The minimum atomic E-state index is -0.109. The Bertz CT molecular complexity index is 595. The third-order valence-corrected chi connectivity index (χ3v) is 3.31. The molecule has 0 atom stereocenters. The number of aryl methyl sites for hydroxylation is 2. The van der Waals surface area contributed by atoms with E-state index in [1.807, 2.05) is 32.0 Å². The fourth-order valence-corrected chi connectivity index (χ4v) is 2.66. The monoisotopic (exact) mass is 237 g/mol. The molecule has 0 spiro atoms. The Kier molecular flexibility index (Phi) is 3.33. The largest absolute Gasteiger partial charge is 0.294 e. The van der Waals surface area contributed by atoms with Crippen molar-refractivity contribution in [3.05, 3.63) is 65.6 Å². The molecule has 0 N–H and O–H groups in total. The van der Waals surface area contributed by atoms with Crippen molar-refractivity contribution in [2.24, 2.45) is 0 Å². The van der Waals surface area contributed by atoms with Crippen molar-refractivity contribution in [1.29, 1.82) is 0 Å². The molecule has 0 aliphatic rings. The molecule has 0 aromatic heterocycles. The summed E-state index contributed by atoms with van der Waals surface area (Å²) in [6.07, 6.45) is 0. The second-order valence-electron chi connectivity index (χ2n) is 4.67. The summed E-state index contributed by atoms with van der Waals surface area (Å²) in [5.41, 5.74) is 6.27. The van der Waals surface area contributed by atoms with Gasteiger partial charge in [-0.1, -0.05) is 36.4 Å². The lowest BCUT2D eigenvalue weighted by atomic mass is 9.88. The van der Waals surface area contributed by atoms with Crippen LogP contribution < -0.4 is 0 Å². The van der Waals surface area contributed by atoms with Gasteiger partial charge in [0.15, 0.2) is 5.78 Å². The number of hydrogen-bond acceptors (Lipinski definition) is 1. The van der Waals surface area contributed by atoms with Gasteiger partial charge in [-0.15, -0.1) is 0 Å². The van der Waals surface area contributed by atoms with Crippen molar-refractivity contribution in [1.82, 2.24) is 0 Å². The van der Waals surface area contributed by atoms with E-state index in [0.29, 0.717) is 0 Å². The number of ketones is 1. The summed E-state index contributed by atoms with van der Waals surface area (Å²) in [5.74, 6) is -0.109. The molecular weight excluding hydrogens is 220 g/mol. The van der Waals surface area contributed by atoms with Gasteiger partial charge in [0.1, 0.15) is 0 Å². The van der Waals surface area contributed by atoms with Crippen LogP contribution in [0.2, 0.25) is 0 Å². The maximum atomic E-state index is 11.7. The summed E-state index contributed by atoms with van der Waals surface area (Å²) in [7, 11) is 0. The Morgan fingerprint density at radius 1 is 1.00 bits per heavy atom. The smallest absolute Gasteiger partial charge is 0.163 e. The van der Waals surface area contributed by atoms with E-state index in [9.17, 15) is 4.79 Å². The van der Waals surface area contributed by atoms with Crippen LogP contribution in [0.3, 0.4) is 0 Å². The second-order valence-corrected chi connectivity index (χ2v) is 4.67. The Balaban J connectivity index is 2.76. The Labute approximate surface area is 108 Å². The first-order valence-corrected chi connectivity index (χ1v) is 6.05. The third kappa shape index (κ3) is 2.08. The molecule has 1 heteroatoms. The zero-order chi connectivity index (χ0) is 13.3. The molecule has 1 nitrogen and oxygen atoms in total. The van der Waals surface area contributed by atoms with Crippen LogP contribution in [0.15, 0.2) is 36.4 Å². The minimum absolute atomic E-state index is 0.109. The standard InChI is InChI=1S/C17H17O/c1-11-10-12(2)17(13(3)16(11)14(4)18)15-8-6-5-7-9-15/h5-10H,4H2,1-3H3. The topological polar surface area (TPSA) is 17.1 Å². The molecule has 0 aliphatic heterocycles. The van der Waals surface area contributed by atoms with Crippen LogP contribution in [0, 0.1) is 27.7 Å². The third-order valence-electron chi connectivity index (χ3n) is 3.31. The van der Waals surface area contributed by atoms with Gasteiger partial charge in [-0.25, -0.2) is 0 Å². The molecule has 18 heavy (non-hydrogen) atoms. The number of hydrogen-bond donors (Lipinski definition) is 0. The maximum Gasteiger partial charge on any atom is 0.163 e. The highest BCUT2D eigenvalue weighted by molar-refractivity contribution is 6.03. The molecule has 0 saturated heterocycles. The molecule has 2 rings (SSSR count). The highest BCUT2D eigenvalue weighted by atomic mass is 16.1. The molecule has 0 heterocycles. The van der Waals surface area contributed by atoms with Gasteiger partial charge in [-0.05, 0) is 48.6 Å². The van der Waals surface area contributed by atoms with Crippen molar-refractivity contribution in [2.75, 3.05) is 0 Å². The van der Waals surface area contributed by atoms with E-state index in [1.54, 1.807) is 0 Å². The highest BCUT2D eigenvalue weighted by Crippen LogP contribution is 2.31. The fraction of sp³-hybridized carbons (Fsp3) is 0.176. The Hall–Kier alpha value is -1.89. The SMILES string of the molecule is [CH2]C(=O)c1c(C)cc(C)c(-c2ccccc2)c1C. The van der Waals surface area contributed by atoms with E-state index < -0.39 is 0 Å². The predicted octanol–water partition coefficient (Wildman–Crippen LogP) is 4.30. The van der Waals surface area contributed by atoms with E-state index in [-0.39, 0.29) is 5.78 Å². The molecule has 1 radical (unpaired) electrons. The summed E-state index contributed by atoms with van der Waals surface area (Å²) in [6, 6.07) is 12.2. The summed E-state index contributed by atoms with van der Waals surface area (Å²) in [5, 5.41) is 0. The van der Waals surface area contributed by atoms with Crippen molar-refractivity contribution >= 4 is 5.78 Å². The molecule has 0 bridgehead atoms. The van der Waals surface area contributed by atoms with E-state index in [0.717, 1.165) is 27.8 Å². The average Bonchev–Trinajstić information content (AvgIpc) is 2.28. The number of benzene rings is 2. The molecule has 0 fully saturated rings. The number of Topliss-reactive ketones (excluding diaryl/α,β-unsaturated/α-hetero) is 1. The van der Waals surface area contributed by atoms with Crippen LogP contribution in [0.4, 0.5) is 0 Å². The highest BCUT2D eigenvalue weighted by Gasteiger charge is 2.15. The van der Waals surface area contributed by atoms with Gasteiger partial charge in [0.25, 0.3) is 0 Å². The number of rotatable bonds is 2. The van der Waals surface area contributed by atoms with Crippen LogP contribution >= 0.6 is 0 Å². The second kappa shape index (κ2) is 4.77. The summed E-state index contributed by atoms with van der Waals surface area (Å²) < 4.78 is 0. The van der Waals surface area contributed by atoms with E-state index >= 15 is 0 Å². The molecule has 0 unspecified atom stereocenters. The first kappa shape index (κ1) is 12.6. The van der Waals surface area contributed by atoms with Crippen molar-refractivity contribution in [3.8, 4) is 11.1 Å². The zero-order valence-electron chi connectivity index (χ0n) is 11.1. The number of carbonyl (C=O) groups excluding carboxylic acids is 1. The zero-order valence-corrected chi connectivity index (χ0v) is 11.1. The Morgan fingerprint density at radius 2 is 1.61 bits per heavy atom. The quantitative estimate of drug-likeness (QED) is 0.712. The lowest BCUT2D eigenvalue weighted by Crippen LogP contribution is -2.03. The van der Waals surface area contributed by atoms with Crippen molar-refractivity contribution in [2.45, 2.75) is 20.8 Å². The lowest BCUT2D eigenvalue weighted by Gasteiger charge is -2.16. The molecule has 2 aromatic carbocycles. The van der Waals surface area contributed by atoms with Crippen LogP contribution in [0.5, 0.6) is 0 Å². The summed E-state index contributed by atoms with van der Waals surface area (Å²) >= 11 is 0. The first-order valence-electron chi connectivity index (χ1n) is 6.05. The van der Waals surface area contributed by atoms with E-state index in [1.165, 1.54) is 5.56 Å². The summed E-state index contributed by atoms with van der Waals surface area (Å²) in [6.45, 7) is 9.61. The average molecular weight is 237 g/mol. The molecule has 0 aliphatic carbocycles. The summed E-state index contributed by atoms with van der Waals surface area (Å²) in [4.78, 5) is 11.7. The maximum absolute atomic E-state index is 11.7. The van der Waals surface area contributed by atoms with Gasteiger partial charge < -0.3 is 0 Å². The minimum Gasteiger partial charge on any atom is -0.294 e. The van der Waals surface area contributed by atoms with Crippen molar-refractivity contribution < 1.29 is 4.79 Å². The van der Waals surface area contributed by atoms with Crippen molar-refractivity contribution in [3.63, 3.8) is 0 Å². The molecule has 2 aromatic rings. The molecule has 0 saturated carbocycles. The van der Waals surface area contributed by atoms with Gasteiger partial charge in [0.05, 0.1) is 0 Å². The van der Waals surface area contributed by atoms with Gasteiger partial charge >= 0.3 is 0 Å². The lowest BCUT2D eigenvalue weighted by molar-refractivity contribution is 0.104. The predicted molar refractivity (Wildman–Crippen MR) is 75.8 cm³/mol. The van der Waals surface area contributed by atoms with Crippen LogP contribution in [-0.4, -0.2) is 5.78 Å². The van der Waals surface area contributed by atoms with Crippen LogP contribution in [0.1, 0.15) is 27.0 Å². The van der Waals surface area contributed by atoms with E-state index in [2.05, 4.69) is 32.0 Å². The fourth-order valence-electron chi connectivity index (χ4n) is 2.66. The van der Waals surface area contributed by atoms with Crippen LogP contribution in [0.25, 0.3) is 11.1 Å².